The van der Waals surface area contributed by atoms with Gasteiger partial charge in [-0.2, -0.15) is 5.10 Å². The average molecular weight is 514 g/mol. The molecule has 0 aliphatic rings. The van der Waals surface area contributed by atoms with Gasteiger partial charge in [0.1, 0.15) is 0 Å². The summed E-state index contributed by atoms with van der Waals surface area (Å²) in [5.41, 5.74) is 4.46. The number of carbonyl (C=O) groups excluding carboxylic acids is 1. The Morgan fingerprint density at radius 2 is 1.86 bits per heavy atom. The zero-order chi connectivity index (χ0) is 19.8. The van der Waals surface area contributed by atoms with Gasteiger partial charge < -0.3 is 0 Å². The van der Waals surface area contributed by atoms with E-state index < -0.39 is 0 Å². The van der Waals surface area contributed by atoms with Gasteiger partial charge in [0.15, 0.2) is 8.68 Å². The third-order valence-electron chi connectivity index (χ3n) is 3.32. The van der Waals surface area contributed by atoms with E-state index in [0.29, 0.717) is 0 Å². The number of thioether (sulfide) groups is 2. The van der Waals surface area contributed by atoms with E-state index in [4.69, 9.17) is 11.6 Å². The van der Waals surface area contributed by atoms with Crippen LogP contribution in [0.4, 0.5) is 0 Å². The first kappa shape index (κ1) is 21.3. The monoisotopic (exact) mass is 512 g/mol. The third kappa shape index (κ3) is 6.59. The minimum absolute atomic E-state index is 0.200. The average Bonchev–Trinajstić information content (AvgIpc) is 3.15. The summed E-state index contributed by atoms with van der Waals surface area (Å²) in [6, 6.07) is 15.4. The molecule has 0 bridgehead atoms. The Labute approximate surface area is 188 Å². The third-order valence-corrected chi connectivity index (χ3v) is 7.65. The number of nitrogens with one attached hydrogen (secondary N) is 1. The van der Waals surface area contributed by atoms with Crippen molar-refractivity contribution >= 4 is 74.5 Å². The number of benzene rings is 2. The lowest BCUT2D eigenvalue weighted by atomic mass is 10.2. The Kier molecular flexibility index (Phi) is 8.35. The molecule has 0 unspecified atom stereocenters. The van der Waals surface area contributed by atoms with Gasteiger partial charge in [-0.05, 0) is 17.7 Å². The van der Waals surface area contributed by atoms with Crippen molar-refractivity contribution < 1.29 is 4.79 Å². The van der Waals surface area contributed by atoms with Crippen LogP contribution in [0, 0.1) is 0 Å². The van der Waals surface area contributed by atoms with E-state index >= 15 is 0 Å². The van der Waals surface area contributed by atoms with Crippen LogP contribution in [0.1, 0.15) is 11.1 Å². The zero-order valence-electron chi connectivity index (χ0n) is 14.3. The number of hydrogen-bond acceptors (Lipinski definition) is 7. The normalized spacial score (nSPS) is 11.1. The molecule has 1 N–H and O–H groups in total. The minimum Gasteiger partial charge on any atom is -0.272 e. The van der Waals surface area contributed by atoms with E-state index in [1.807, 2.05) is 48.5 Å². The topological polar surface area (TPSA) is 67.2 Å². The number of hydrazone groups is 1. The van der Waals surface area contributed by atoms with Gasteiger partial charge in [0.25, 0.3) is 5.91 Å². The first-order valence-electron chi connectivity index (χ1n) is 8.01. The molecule has 0 fully saturated rings. The lowest BCUT2D eigenvalue weighted by molar-refractivity contribution is -0.118. The van der Waals surface area contributed by atoms with Crippen LogP contribution in [0.2, 0.25) is 5.02 Å². The minimum atomic E-state index is -0.200. The van der Waals surface area contributed by atoms with Crippen molar-refractivity contribution in [1.82, 2.24) is 15.6 Å². The molecule has 0 saturated heterocycles. The fraction of sp³-hybridized carbons (Fsp3) is 0.111. The lowest BCUT2D eigenvalue weighted by Crippen LogP contribution is -2.19. The molecule has 1 amide bonds. The van der Waals surface area contributed by atoms with E-state index in [1.54, 1.807) is 18.0 Å². The van der Waals surface area contributed by atoms with Crippen LogP contribution < -0.4 is 5.43 Å². The maximum Gasteiger partial charge on any atom is 0.250 e. The maximum atomic E-state index is 11.9. The molecule has 5 nitrogen and oxygen atoms in total. The molecule has 0 spiro atoms. The second-order valence-corrected chi connectivity index (χ2v) is 10.0. The molecule has 0 atom stereocenters. The van der Waals surface area contributed by atoms with E-state index in [9.17, 15) is 4.79 Å². The SMILES string of the molecule is O=C(CSc1nnc(SCc2ccccc2Cl)s1)N/N=C/c1ccccc1Br. The largest absolute Gasteiger partial charge is 0.272 e. The summed E-state index contributed by atoms with van der Waals surface area (Å²) in [5.74, 6) is 0.745. The number of hydrogen-bond donors (Lipinski definition) is 1. The summed E-state index contributed by atoms with van der Waals surface area (Å²) in [6.07, 6.45) is 1.60. The van der Waals surface area contributed by atoms with Crippen LogP contribution in [0.25, 0.3) is 0 Å². The number of halogens is 2. The molecule has 3 rings (SSSR count). The standard InChI is InChI=1S/C18H14BrClN4OS3/c19-14-7-3-1-5-12(14)9-21-22-16(25)11-27-18-24-23-17(28-18)26-10-13-6-2-4-8-15(13)20/h1-9H,10-11H2,(H,22,25)/b21-9+. The Morgan fingerprint density at radius 3 is 2.64 bits per heavy atom. The van der Waals surface area contributed by atoms with Gasteiger partial charge in [-0.25, -0.2) is 5.43 Å². The van der Waals surface area contributed by atoms with Crippen LogP contribution in [-0.2, 0) is 10.5 Å². The number of nitrogens with zero attached hydrogens (tertiary/aromatic N) is 3. The highest BCUT2D eigenvalue weighted by molar-refractivity contribution is 9.10. The van der Waals surface area contributed by atoms with Gasteiger partial charge in [-0.3, -0.25) is 4.79 Å². The van der Waals surface area contributed by atoms with Crippen LogP contribution in [0.5, 0.6) is 0 Å². The summed E-state index contributed by atoms with van der Waals surface area (Å²) in [6.45, 7) is 0. The summed E-state index contributed by atoms with van der Waals surface area (Å²) in [5, 5.41) is 13.0. The molecule has 0 aliphatic carbocycles. The number of carbonyl (C=O) groups is 1. The lowest BCUT2D eigenvalue weighted by Gasteiger charge is -2.00. The number of aromatic nitrogens is 2. The first-order valence-corrected chi connectivity index (χ1v) is 12.0. The van der Waals surface area contributed by atoms with E-state index in [0.717, 1.165) is 35.1 Å². The number of rotatable bonds is 8. The molecule has 3 aromatic rings. The summed E-state index contributed by atoms with van der Waals surface area (Å²) >= 11 is 14.0. The van der Waals surface area contributed by atoms with Crippen molar-refractivity contribution in [3.63, 3.8) is 0 Å². The van der Waals surface area contributed by atoms with Crippen molar-refractivity contribution in [2.24, 2.45) is 5.10 Å². The van der Waals surface area contributed by atoms with Crippen molar-refractivity contribution in [2.45, 2.75) is 14.4 Å². The van der Waals surface area contributed by atoms with Crippen molar-refractivity contribution in [3.05, 3.63) is 69.2 Å². The highest BCUT2D eigenvalue weighted by atomic mass is 79.9. The first-order chi connectivity index (χ1) is 13.6. The highest BCUT2D eigenvalue weighted by Gasteiger charge is 2.09. The van der Waals surface area contributed by atoms with Gasteiger partial charge in [0.2, 0.25) is 0 Å². The zero-order valence-corrected chi connectivity index (χ0v) is 19.1. The predicted octanol–water partition coefficient (Wildman–Crippen LogP) is 5.49. The molecule has 0 radical (unpaired) electrons. The van der Waals surface area contributed by atoms with Gasteiger partial charge in [0, 0.05) is 20.8 Å². The van der Waals surface area contributed by atoms with Crippen LogP contribution in [-0.4, -0.2) is 28.1 Å². The molecule has 2 aromatic carbocycles. The fourth-order valence-corrected chi connectivity index (χ4v) is 5.47. The Morgan fingerprint density at radius 1 is 1.14 bits per heavy atom. The van der Waals surface area contributed by atoms with Gasteiger partial charge >= 0.3 is 0 Å². The van der Waals surface area contributed by atoms with E-state index in [2.05, 4.69) is 36.7 Å². The van der Waals surface area contributed by atoms with Gasteiger partial charge in [-0.1, -0.05) is 98.8 Å². The fourth-order valence-electron chi connectivity index (χ4n) is 1.98. The summed E-state index contributed by atoms with van der Waals surface area (Å²) < 4.78 is 2.50. The van der Waals surface area contributed by atoms with E-state index in [1.165, 1.54) is 23.1 Å². The van der Waals surface area contributed by atoms with Gasteiger partial charge in [-0.15, -0.1) is 10.2 Å². The Hall–Kier alpha value is -1.39. The summed E-state index contributed by atoms with van der Waals surface area (Å²) in [7, 11) is 0. The highest BCUT2D eigenvalue weighted by Crippen LogP contribution is 2.32. The Bertz CT molecular complexity index is 983. The second-order valence-electron chi connectivity index (χ2n) is 5.32. The quantitative estimate of drug-likeness (QED) is 0.245. The second kappa shape index (κ2) is 11.0. The number of amides is 1. The van der Waals surface area contributed by atoms with Gasteiger partial charge in [0.05, 0.1) is 12.0 Å². The molecule has 0 saturated carbocycles. The van der Waals surface area contributed by atoms with Crippen LogP contribution in [0.15, 0.2) is 66.8 Å². The molecule has 1 heterocycles. The molecule has 0 aliphatic heterocycles. The predicted molar refractivity (Wildman–Crippen MR) is 122 cm³/mol. The van der Waals surface area contributed by atoms with Crippen molar-refractivity contribution in [3.8, 4) is 0 Å². The van der Waals surface area contributed by atoms with Crippen LogP contribution >= 0.6 is 62.4 Å². The molecule has 10 heteroatoms. The molecule has 28 heavy (non-hydrogen) atoms. The molecular formula is C18H14BrClN4OS3. The molecular weight excluding hydrogens is 500 g/mol. The maximum absolute atomic E-state index is 11.9. The van der Waals surface area contributed by atoms with Crippen molar-refractivity contribution in [1.29, 1.82) is 0 Å². The van der Waals surface area contributed by atoms with E-state index in [-0.39, 0.29) is 11.7 Å². The summed E-state index contributed by atoms with van der Waals surface area (Å²) in [4.78, 5) is 11.9. The molecule has 144 valence electrons. The molecule has 1 aromatic heterocycles. The Balaban J connectivity index is 1.43. The smallest absolute Gasteiger partial charge is 0.250 e. The van der Waals surface area contributed by atoms with Crippen molar-refractivity contribution in [2.75, 3.05) is 5.75 Å². The van der Waals surface area contributed by atoms with Crippen LogP contribution in [0.3, 0.4) is 0 Å².